The summed E-state index contributed by atoms with van der Waals surface area (Å²) in [6.45, 7) is 0.179. The number of para-hydroxylation sites is 3. The van der Waals surface area contributed by atoms with E-state index < -0.39 is 0 Å². The maximum Gasteiger partial charge on any atom is 0.248 e. The van der Waals surface area contributed by atoms with Crippen LogP contribution in [0.2, 0.25) is 0 Å². The molecule has 0 aliphatic carbocycles. The first kappa shape index (κ1) is 24.6. The highest BCUT2D eigenvalue weighted by molar-refractivity contribution is 7.01. The first-order valence-electron chi connectivity index (χ1n) is 15.7. The molecule has 0 fully saturated rings. The van der Waals surface area contributed by atoms with Gasteiger partial charge in [-0.05, 0) is 81.7 Å². The van der Waals surface area contributed by atoms with E-state index in [0.29, 0.717) is 0 Å². The molecule has 2 nitrogen and oxygen atoms in total. The fourth-order valence-electron chi connectivity index (χ4n) is 7.91. The fourth-order valence-corrected chi connectivity index (χ4v) is 7.91. The predicted octanol–water partition coefficient (Wildman–Crippen LogP) is 8.73. The molecule has 1 aromatic heterocycles. The maximum atomic E-state index is 2.48. The Morgan fingerprint density at radius 3 is 1.82 bits per heavy atom. The van der Waals surface area contributed by atoms with E-state index in [2.05, 4.69) is 173 Å². The number of hydrogen-bond donors (Lipinski definition) is 0. The summed E-state index contributed by atoms with van der Waals surface area (Å²) < 4.78 is 2.43. The lowest BCUT2D eigenvalue weighted by atomic mass is 9.37. The molecule has 0 saturated carbocycles. The van der Waals surface area contributed by atoms with Gasteiger partial charge in [0.2, 0.25) is 6.71 Å². The van der Waals surface area contributed by atoms with Gasteiger partial charge in [-0.25, -0.2) is 0 Å². The molecule has 3 heteroatoms. The van der Waals surface area contributed by atoms with Gasteiger partial charge in [0, 0.05) is 33.5 Å². The largest absolute Gasteiger partial charge is 0.311 e. The summed E-state index contributed by atoms with van der Waals surface area (Å²) in [5.74, 6) is 0. The second kappa shape index (κ2) is 9.35. The highest BCUT2D eigenvalue weighted by Crippen LogP contribution is 2.42. The number of nitrogens with zero attached hydrogens (tertiary/aromatic N) is 2. The van der Waals surface area contributed by atoms with Gasteiger partial charge >= 0.3 is 0 Å². The van der Waals surface area contributed by atoms with Crippen molar-refractivity contribution in [2.24, 2.45) is 0 Å². The molecule has 0 atom stereocenters. The van der Waals surface area contributed by atoms with Gasteiger partial charge in [0.05, 0.1) is 11.0 Å². The predicted molar refractivity (Wildman–Crippen MR) is 191 cm³/mol. The summed E-state index contributed by atoms with van der Waals surface area (Å²) >= 11 is 0. The highest BCUT2D eigenvalue weighted by atomic mass is 15.2. The standard InChI is InChI=1S/C42H27BN2/c1-3-12-28(13-4-1)29-22-24-36-35(26-29)34-18-11-21-40-42(34)43(36)37-25-23-31(27-41(37)44(40)30-14-5-2-6-15-30)45-38-19-9-7-16-32(38)33-17-8-10-20-39(33)45/h1-27H. The molecule has 0 spiro atoms. The third-order valence-electron chi connectivity index (χ3n) is 9.79. The van der Waals surface area contributed by atoms with E-state index in [0.717, 1.165) is 0 Å². The molecule has 0 radical (unpaired) electrons. The molecule has 3 heterocycles. The SMILES string of the molecule is c1ccc(-c2ccc3c(c2)-c2cccc4c2B3c2ccc(-n3c5ccccc5c5ccccc53)cc2N4c2ccccc2)cc1. The van der Waals surface area contributed by atoms with Crippen molar-refractivity contribution >= 4 is 62.0 Å². The quantitative estimate of drug-likeness (QED) is 0.193. The van der Waals surface area contributed by atoms with Gasteiger partial charge in [-0.3, -0.25) is 0 Å². The van der Waals surface area contributed by atoms with Gasteiger partial charge in [-0.15, -0.1) is 0 Å². The van der Waals surface area contributed by atoms with E-state index in [1.54, 1.807) is 0 Å². The van der Waals surface area contributed by atoms with Crippen LogP contribution in [0.15, 0.2) is 164 Å². The number of aromatic nitrogens is 1. The van der Waals surface area contributed by atoms with Crippen LogP contribution in [-0.2, 0) is 0 Å². The summed E-state index contributed by atoms with van der Waals surface area (Å²) in [5, 5.41) is 2.55. The van der Waals surface area contributed by atoms with Crippen molar-refractivity contribution in [3.8, 4) is 27.9 Å². The van der Waals surface area contributed by atoms with Crippen LogP contribution in [0.1, 0.15) is 0 Å². The Kier molecular flexibility index (Phi) is 5.12. The number of hydrogen-bond acceptors (Lipinski definition) is 1. The third-order valence-corrected chi connectivity index (χ3v) is 9.79. The Balaban J connectivity index is 1.25. The van der Waals surface area contributed by atoms with Gasteiger partial charge in [0.15, 0.2) is 0 Å². The van der Waals surface area contributed by atoms with Gasteiger partial charge in [0.25, 0.3) is 0 Å². The Hall–Kier alpha value is -5.80. The van der Waals surface area contributed by atoms with Crippen molar-refractivity contribution in [2.75, 3.05) is 4.90 Å². The Labute approximate surface area is 262 Å². The minimum atomic E-state index is 0.179. The normalized spacial score (nSPS) is 12.8. The zero-order chi connectivity index (χ0) is 29.5. The van der Waals surface area contributed by atoms with Gasteiger partial charge in [-0.2, -0.15) is 0 Å². The van der Waals surface area contributed by atoms with Crippen LogP contribution in [0.25, 0.3) is 49.7 Å². The van der Waals surface area contributed by atoms with E-state index in [9.17, 15) is 0 Å². The first-order valence-corrected chi connectivity index (χ1v) is 15.7. The Morgan fingerprint density at radius 2 is 1.07 bits per heavy atom. The molecule has 0 bridgehead atoms. The molecule has 45 heavy (non-hydrogen) atoms. The van der Waals surface area contributed by atoms with Crippen LogP contribution in [0, 0.1) is 0 Å². The van der Waals surface area contributed by atoms with Crippen molar-refractivity contribution in [3.63, 3.8) is 0 Å². The fraction of sp³-hybridized carbons (Fsp3) is 0. The number of rotatable bonds is 3. The van der Waals surface area contributed by atoms with Crippen molar-refractivity contribution in [3.05, 3.63) is 164 Å². The molecule has 2 aliphatic heterocycles. The first-order chi connectivity index (χ1) is 22.3. The minimum absolute atomic E-state index is 0.179. The summed E-state index contributed by atoms with van der Waals surface area (Å²) in [5.41, 5.74) is 16.6. The van der Waals surface area contributed by atoms with Crippen LogP contribution in [-0.4, -0.2) is 11.3 Å². The lowest BCUT2D eigenvalue weighted by Gasteiger charge is -2.36. The molecular weight excluding hydrogens is 543 g/mol. The van der Waals surface area contributed by atoms with E-state index in [4.69, 9.17) is 0 Å². The molecule has 208 valence electrons. The van der Waals surface area contributed by atoms with E-state index in [1.807, 2.05) is 0 Å². The van der Waals surface area contributed by atoms with Crippen LogP contribution in [0.4, 0.5) is 17.1 Å². The number of benzene rings is 7. The molecule has 2 aliphatic rings. The van der Waals surface area contributed by atoms with Gasteiger partial charge in [0.1, 0.15) is 0 Å². The number of fused-ring (bicyclic) bond motifs is 8. The smallest absolute Gasteiger partial charge is 0.248 e. The molecule has 0 saturated heterocycles. The highest BCUT2D eigenvalue weighted by Gasteiger charge is 2.42. The zero-order valence-corrected chi connectivity index (χ0v) is 24.6. The topological polar surface area (TPSA) is 8.17 Å². The average molecular weight is 571 g/mol. The minimum Gasteiger partial charge on any atom is -0.311 e. The van der Waals surface area contributed by atoms with Crippen LogP contribution in [0.5, 0.6) is 0 Å². The molecule has 0 amide bonds. The summed E-state index contributed by atoms with van der Waals surface area (Å²) in [6, 6.07) is 60.1. The van der Waals surface area contributed by atoms with E-state index in [1.165, 1.54) is 83.2 Å². The molecule has 10 rings (SSSR count). The Morgan fingerprint density at radius 1 is 0.400 bits per heavy atom. The Bertz CT molecular complexity index is 2390. The summed E-state index contributed by atoms with van der Waals surface area (Å²) in [7, 11) is 0. The van der Waals surface area contributed by atoms with Gasteiger partial charge < -0.3 is 9.47 Å². The molecule has 0 unspecified atom stereocenters. The van der Waals surface area contributed by atoms with Crippen molar-refractivity contribution in [2.45, 2.75) is 0 Å². The number of anilines is 3. The summed E-state index contributed by atoms with van der Waals surface area (Å²) in [4.78, 5) is 2.48. The molecule has 7 aromatic carbocycles. The maximum absolute atomic E-state index is 2.48. The molecule has 0 N–H and O–H groups in total. The third kappa shape index (κ3) is 3.47. The molecular formula is C42H27BN2. The van der Waals surface area contributed by atoms with Crippen molar-refractivity contribution in [1.29, 1.82) is 0 Å². The van der Waals surface area contributed by atoms with Crippen molar-refractivity contribution in [1.82, 2.24) is 4.57 Å². The zero-order valence-electron chi connectivity index (χ0n) is 24.6. The van der Waals surface area contributed by atoms with Gasteiger partial charge in [-0.1, -0.05) is 121 Å². The second-order valence-electron chi connectivity index (χ2n) is 12.1. The van der Waals surface area contributed by atoms with Crippen LogP contribution < -0.4 is 21.3 Å². The van der Waals surface area contributed by atoms with Crippen LogP contribution in [0.3, 0.4) is 0 Å². The monoisotopic (exact) mass is 570 g/mol. The lowest BCUT2D eigenvalue weighted by Crippen LogP contribution is -2.54. The second-order valence-corrected chi connectivity index (χ2v) is 12.1. The van der Waals surface area contributed by atoms with Crippen LogP contribution >= 0.6 is 0 Å². The lowest BCUT2D eigenvalue weighted by molar-refractivity contribution is 1.17. The van der Waals surface area contributed by atoms with Crippen molar-refractivity contribution < 1.29 is 0 Å². The van der Waals surface area contributed by atoms with E-state index in [-0.39, 0.29) is 6.71 Å². The summed E-state index contributed by atoms with van der Waals surface area (Å²) in [6.07, 6.45) is 0. The average Bonchev–Trinajstić information content (AvgIpc) is 3.63. The van der Waals surface area contributed by atoms with E-state index >= 15 is 0 Å². The molecule has 8 aromatic rings.